The van der Waals surface area contributed by atoms with Crippen molar-refractivity contribution in [3.8, 4) is 5.75 Å². The number of aryl methyl sites for hydroxylation is 1. The molecule has 1 aromatic heterocycles. The van der Waals surface area contributed by atoms with Crippen molar-refractivity contribution in [2.45, 2.75) is 13.3 Å². The molecule has 0 atom stereocenters. The normalized spacial score (nSPS) is 10.0. The minimum atomic E-state index is -0.724. The molecule has 2 rings (SSSR count). The largest absolute Gasteiger partial charge is 0.497 e. The van der Waals surface area contributed by atoms with E-state index in [2.05, 4.69) is 15.6 Å². The molecule has 2 aromatic rings. The monoisotopic (exact) mass is 313 g/mol. The third kappa shape index (κ3) is 5.10. The molecule has 0 fully saturated rings. The van der Waals surface area contributed by atoms with Crippen molar-refractivity contribution in [3.63, 3.8) is 0 Å². The number of carbonyl (C=O) groups is 2. The number of anilines is 1. The third-order valence-electron chi connectivity index (χ3n) is 3.19. The molecule has 0 radical (unpaired) electrons. The van der Waals surface area contributed by atoms with E-state index in [4.69, 9.17) is 4.74 Å². The molecule has 120 valence electrons. The molecule has 0 saturated heterocycles. The molecule has 0 bridgehead atoms. The van der Waals surface area contributed by atoms with E-state index < -0.39 is 11.8 Å². The average Bonchev–Trinajstić information content (AvgIpc) is 2.55. The van der Waals surface area contributed by atoms with Gasteiger partial charge in [0.1, 0.15) is 11.6 Å². The van der Waals surface area contributed by atoms with E-state index in [1.165, 1.54) is 0 Å². The lowest BCUT2D eigenvalue weighted by Gasteiger charge is -2.07. The maximum Gasteiger partial charge on any atom is 0.314 e. The Hall–Kier alpha value is -2.89. The highest BCUT2D eigenvalue weighted by Gasteiger charge is 2.13. The van der Waals surface area contributed by atoms with Gasteiger partial charge in [-0.05, 0) is 43.2 Å². The lowest BCUT2D eigenvalue weighted by atomic mass is 10.1. The fraction of sp³-hybridized carbons (Fsp3) is 0.235. The number of benzene rings is 1. The lowest BCUT2D eigenvalue weighted by molar-refractivity contribution is -0.136. The SMILES string of the molecule is COc1ccc(CCNC(=O)C(=O)Nc2cccc(C)n2)cc1. The Kier molecular flexibility index (Phi) is 5.68. The summed E-state index contributed by atoms with van der Waals surface area (Å²) in [4.78, 5) is 27.6. The smallest absolute Gasteiger partial charge is 0.314 e. The van der Waals surface area contributed by atoms with Gasteiger partial charge in [0, 0.05) is 12.2 Å². The van der Waals surface area contributed by atoms with Gasteiger partial charge in [-0.3, -0.25) is 9.59 Å². The van der Waals surface area contributed by atoms with Gasteiger partial charge in [0.25, 0.3) is 0 Å². The standard InChI is InChI=1S/C17H19N3O3/c1-12-4-3-5-15(19-12)20-17(22)16(21)18-11-10-13-6-8-14(23-2)9-7-13/h3-9H,10-11H2,1-2H3,(H,18,21)(H,19,20,22). The summed E-state index contributed by atoms with van der Waals surface area (Å²) in [7, 11) is 1.61. The number of hydrogen-bond donors (Lipinski definition) is 2. The van der Waals surface area contributed by atoms with Crippen molar-refractivity contribution in [1.82, 2.24) is 10.3 Å². The summed E-state index contributed by atoms with van der Waals surface area (Å²) < 4.78 is 5.08. The molecule has 0 saturated carbocycles. The fourth-order valence-electron chi connectivity index (χ4n) is 1.98. The molecular formula is C17H19N3O3. The molecule has 0 spiro atoms. The number of carbonyl (C=O) groups excluding carboxylic acids is 2. The van der Waals surface area contributed by atoms with E-state index in [0.717, 1.165) is 17.0 Å². The second kappa shape index (κ2) is 7.93. The van der Waals surface area contributed by atoms with E-state index in [1.807, 2.05) is 37.3 Å². The second-order valence-electron chi connectivity index (χ2n) is 4.97. The number of hydrogen-bond acceptors (Lipinski definition) is 4. The van der Waals surface area contributed by atoms with Gasteiger partial charge in [-0.15, -0.1) is 0 Å². The number of pyridine rings is 1. The first kappa shape index (κ1) is 16.5. The molecular weight excluding hydrogens is 294 g/mol. The average molecular weight is 313 g/mol. The number of nitrogens with one attached hydrogen (secondary N) is 2. The summed E-state index contributed by atoms with van der Waals surface area (Å²) in [6.07, 6.45) is 0.631. The van der Waals surface area contributed by atoms with Crippen molar-refractivity contribution in [2.24, 2.45) is 0 Å². The number of methoxy groups -OCH3 is 1. The van der Waals surface area contributed by atoms with E-state index in [9.17, 15) is 9.59 Å². The summed E-state index contributed by atoms with van der Waals surface area (Å²) in [5.74, 6) is -0.261. The van der Waals surface area contributed by atoms with Crippen LogP contribution in [0.1, 0.15) is 11.3 Å². The van der Waals surface area contributed by atoms with Gasteiger partial charge in [0.2, 0.25) is 0 Å². The van der Waals surface area contributed by atoms with Crippen LogP contribution in [0.5, 0.6) is 5.75 Å². The Morgan fingerprint density at radius 3 is 2.48 bits per heavy atom. The summed E-state index contributed by atoms with van der Waals surface area (Å²) in [6, 6.07) is 12.8. The molecule has 0 unspecified atom stereocenters. The van der Waals surface area contributed by atoms with Crippen LogP contribution in [0, 0.1) is 6.92 Å². The van der Waals surface area contributed by atoms with Crippen molar-refractivity contribution >= 4 is 17.6 Å². The number of amides is 2. The van der Waals surface area contributed by atoms with Crippen LogP contribution in [0.25, 0.3) is 0 Å². The molecule has 1 aromatic carbocycles. The Labute approximate surface area is 134 Å². The number of ether oxygens (including phenoxy) is 1. The number of nitrogens with zero attached hydrogens (tertiary/aromatic N) is 1. The Balaban J connectivity index is 1.78. The zero-order chi connectivity index (χ0) is 16.7. The van der Waals surface area contributed by atoms with Gasteiger partial charge < -0.3 is 15.4 Å². The van der Waals surface area contributed by atoms with Gasteiger partial charge in [0.15, 0.2) is 0 Å². The molecule has 0 aliphatic carbocycles. The van der Waals surface area contributed by atoms with E-state index in [-0.39, 0.29) is 0 Å². The quantitative estimate of drug-likeness (QED) is 0.823. The van der Waals surface area contributed by atoms with Crippen LogP contribution in [0.15, 0.2) is 42.5 Å². The zero-order valence-electron chi connectivity index (χ0n) is 13.1. The summed E-state index contributed by atoms with van der Waals surface area (Å²) in [5.41, 5.74) is 1.81. The van der Waals surface area contributed by atoms with Crippen LogP contribution < -0.4 is 15.4 Å². The van der Waals surface area contributed by atoms with Crippen LogP contribution >= 0.6 is 0 Å². The summed E-state index contributed by atoms with van der Waals surface area (Å²) in [6.45, 7) is 2.18. The van der Waals surface area contributed by atoms with Gasteiger partial charge in [0.05, 0.1) is 7.11 Å². The first-order valence-corrected chi connectivity index (χ1v) is 7.24. The summed E-state index contributed by atoms with van der Waals surface area (Å²) >= 11 is 0. The lowest BCUT2D eigenvalue weighted by Crippen LogP contribution is -2.36. The van der Waals surface area contributed by atoms with Crippen molar-refractivity contribution in [2.75, 3.05) is 19.0 Å². The fourth-order valence-corrected chi connectivity index (χ4v) is 1.98. The molecule has 1 heterocycles. The van der Waals surface area contributed by atoms with Crippen LogP contribution in [0.2, 0.25) is 0 Å². The second-order valence-corrected chi connectivity index (χ2v) is 4.97. The zero-order valence-corrected chi connectivity index (χ0v) is 13.1. The van der Waals surface area contributed by atoms with Crippen molar-refractivity contribution in [3.05, 3.63) is 53.7 Å². The van der Waals surface area contributed by atoms with Crippen LogP contribution in [-0.2, 0) is 16.0 Å². The molecule has 0 aliphatic rings. The highest BCUT2D eigenvalue weighted by atomic mass is 16.5. The summed E-state index contributed by atoms with van der Waals surface area (Å²) in [5, 5.41) is 5.05. The van der Waals surface area contributed by atoms with Gasteiger partial charge in [-0.1, -0.05) is 18.2 Å². The number of aromatic nitrogens is 1. The van der Waals surface area contributed by atoms with Gasteiger partial charge in [-0.25, -0.2) is 4.98 Å². The minimum absolute atomic E-state index is 0.361. The van der Waals surface area contributed by atoms with Crippen molar-refractivity contribution in [1.29, 1.82) is 0 Å². The van der Waals surface area contributed by atoms with Gasteiger partial charge >= 0.3 is 11.8 Å². The Bertz CT molecular complexity index is 684. The molecule has 0 aliphatic heterocycles. The predicted octanol–water partition coefficient (Wildman–Crippen LogP) is 1.70. The predicted molar refractivity (Wildman–Crippen MR) is 87.3 cm³/mol. The third-order valence-corrected chi connectivity index (χ3v) is 3.19. The molecule has 6 nitrogen and oxygen atoms in total. The highest BCUT2D eigenvalue weighted by molar-refractivity contribution is 6.39. The molecule has 6 heteroatoms. The van der Waals surface area contributed by atoms with E-state index in [0.29, 0.717) is 18.8 Å². The van der Waals surface area contributed by atoms with Crippen LogP contribution in [-0.4, -0.2) is 30.5 Å². The van der Waals surface area contributed by atoms with E-state index >= 15 is 0 Å². The number of rotatable bonds is 5. The first-order valence-electron chi connectivity index (χ1n) is 7.24. The van der Waals surface area contributed by atoms with Crippen LogP contribution in [0.3, 0.4) is 0 Å². The maximum absolute atomic E-state index is 11.8. The van der Waals surface area contributed by atoms with Crippen molar-refractivity contribution < 1.29 is 14.3 Å². The Morgan fingerprint density at radius 2 is 1.83 bits per heavy atom. The van der Waals surface area contributed by atoms with E-state index in [1.54, 1.807) is 19.2 Å². The van der Waals surface area contributed by atoms with Crippen LogP contribution in [0.4, 0.5) is 5.82 Å². The topological polar surface area (TPSA) is 80.3 Å². The molecule has 2 amide bonds. The van der Waals surface area contributed by atoms with Gasteiger partial charge in [-0.2, -0.15) is 0 Å². The minimum Gasteiger partial charge on any atom is -0.497 e. The molecule has 23 heavy (non-hydrogen) atoms. The first-order chi connectivity index (χ1) is 11.1. The Morgan fingerprint density at radius 1 is 1.09 bits per heavy atom. The molecule has 2 N–H and O–H groups in total. The highest BCUT2D eigenvalue weighted by Crippen LogP contribution is 2.11. The maximum atomic E-state index is 11.8.